The van der Waals surface area contributed by atoms with Gasteiger partial charge in [-0.15, -0.1) is 0 Å². The Labute approximate surface area is 320 Å². The molecule has 0 fully saturated rings. The van der Waals surface area contributed by atoms with E-state index in [2.05, 4.69) is 21.0 Å². The Balaban J connectivity index is 1.36. The molecule has 2 aliphatic heterocycles. The van der Waals surface area contributed by atoms with Gasteiger partial charge in [0.2, 0.25) is 23.6 Å². The maximum Gasteiger partial charge on any atom is 0.243 e. The molecular formula is C38H50ClN7O8. The predicted octanol–water partition coefficient (Wildman–Crippen LogP) is 3.39. The molecule has 4 amide bonds. The zero-order valence-electron chi connectivity index (χ0n) is 31.5. The first kappa shape index (κ1) is 40.1. The van der Waals surface area contributed by atoms with E-state index in [0.717, 1.165) is 5.56 Å². The van der Waals surface area contributed by atoms with Gasteiger partial charge in [-0.2, -0.15) is 5.10 Å². The van der Waals surface area contributed by atoms with E-state index in [1.165, 1.54) is 4.68 Å². The number of rotatable bonds is 8. The van der Waals surface area contributed by atoms with Crippen molar-refractivity contribution in [1.29, 1.82) is 0 Å². The molecule has 0 saturated carbocycles. The summed E-state index contributed by atoms with van der Waals surface area (Å²) >= 11 is 6.53. The number of carbonyl (C=O) groups excluding carboxylic acids is 4. The molecule has 0 bridgehead atoms. The molecule has 3 aromatic rings. The van der Waals surface area contributed by atoms with Crippen LogP contribution in [0.15, 0.2) is 30.3 Å². The van der Waals surface area contributed by atoms with Crippen LogP contribution in [0.1, 0.15) is 75.3 Å². The van der Waals surface area contributed by atoms with Crippen molar-refractivity contribution < 1.29 is 38.1 Å². The number of carbonyl (C=O) groups is 4. The van der Waals surface area contributed by atoms with Crippen LogP contribution >= 0.6 is 11.6 Å². The van der Waals surface area contributed by atoms with Gasteiger partial charge in [-0.1, -0.05) is 37.9 Å². The average Bonchev–Trinajstić information content (AvgIpc) is 3.55. The monoisotopic (exact) mass is 767 g/mol. The first-order valence-electron chi connectivity index (χ1n) is 18.4. The van der Waals surface area contributed by atoms with Gasteiger partial charge in [0, 0.05) is 43.6 Å². The Morgan fingerprint density at radius 2 is 1.72 bits per heavy atom. The van der Waals surface area contributed by atoms with E-state index in [-0.39, 0.29) is 48.9 Å². The van der Waals surface area contributed by atoms with E-state index in [4.69, 9.17) is 35.5 Å². The van der Waals surface area contributed by atoms with Crippen LogP contribution in [0.4, 0.5) is 0 Å². The molecule has 16 heteroatoms. The number of hydrogen-bond acceptors (Lipinski definition) is 10. The first-order chi connectivity index (χ1) is 26.0. The lowest BCUT2D eigenvalue weighted by atomic mass is 9.97. The second kappa shape index (κ2) is 18.8. The zero-order chi connectivity index (χ0) is 38.8. The Kier molecular flexibility index (Phi) is 14.0. The third kappa shape index (κ3) is 10.3. The first-order valence-corrected chi connectivity index (χ1v) is 18.7. The van der Waals surface area contributed by atoms with Crippen molar-refractivity contribution >= 4 is 35.2 Å². The summed E-state index contributed by atoms with van der Waals surface area (Å²) in [5.74, 6) is 1.71. The summed E-state index contributed by atoms with van der Waals surface area (Å²) in [6.45, 7) is 7.22. The fourth-order valence-electron chi connectivity index (χ4n) is 6.40. The fourth-order valence-corrected chi connectivity index (χ4v) is 6.62. The summed E-state index contributed by atoms with van der Waals surface area (Å²) < 4.78 is 23.6. The SMILES string of the molecule is CC[C@H](C)[C@@H]1NC(=O)CCCN(C(=O)Cc2cc3c(cc2Cl)OCCO3)CCCNC(=O)Cn2nc(Cc3ccc(OC)c(OC)c3)nc2[C@@H](C)NC1=O. The molecule has 3 N–H and O–H groups in total. The molecule has 2 aliphatic rings. The van der Waals surface area contributed by atoms with Crippen LogP contribution in [0.3, 0.4) is 0 Å². The Hall–Kier alpha value is -5.05. The van der Waals surface area contributed by atoms with Gasteiger partial charge < -0.3 is 39.8 Å². The van der Waals surface area contributed by atoms with Crippen LogP contribution in [0, 0.1) is 5.92 Å². The van der Waals surface area contributed by atoms with E-state index < -0.39 is 12.1 Å². The number of fused-ring (bicyclic) bond motifs is 2. The zero-order valence-corrected chi connectivity index (χ0v) is 32.3. The highest BCUT2D eigenvalue weighted by atomic mass is 35.5. The van der Waals surface area contributed by atoms with Crippen molar-refractivity contribution in [3.05, 3.63) is 58.1 Å². The van der Waals surface area contributed by atoms with Crippen molar-refractivity contribution in [3.8, 4) is 23.0 Å². The fraction of sp³-hybridized carbons (Fsp3) is 0.526. The topological polar surface area (TPSA) is 175 Å². The van der Waals surface area contributed by atoms with Crippen molar-refractivity contribution in [2.45, 2.75) is 77.9 Å². The van der Waals surface area contributed by atoms with Gasteiger partial charge in [-0.05, 0) is 55.0 Å². The summed E-state index contributed by atoms with van der Waals surface area (Å²) in [5.41, 5.74) is 1.46. The molecule has 1 aromatic heterocycles. The summed E-state index contributed by atoms with van der Waals surface area (Å²) in [5, 5.41) is 13.9. The third-order valence-corrected chi connectivity index (χ3v) is 9.92. The van der Waals surface area contributed by atoms with E-state index in [1.54, 1.807) is 44.2 Å². The van der Waals surface area contributed by atoms with Crippen molar-refractivity contribution in [2.75, 3.05) is 47.1 Å². The maximum atomic E-state index is 13.7. The molecule has 0 spiro atoms. The lowest BCUT2D eigenvalue weighted by Crippen LogP contribution is -2.51. The Morgan fingerprint density at radius 1 is 1.00 bits per heavy atom. The van der Waals surface area contributed by atoms with Gasteiger partial charge >= 0.3 is 0 Å². The number of nitrogens with zero attached hydrogens (tertiary/aromatic N) is 4. The Morgan fingerprint density at radius 3 is 2.44 bits per heavy atom. The predicted molar refractivity (Wildman–Crippen MR) is 200 cm³/mol. The smallest absolute Gasteiger partial charge is 0.243 e. The number of methoxy groups -OCH3 is 2. The normalized spacial score (nSPS) is 19.3. The largest absolute Gasteiger partial charge is 0.493 e. The quantitative estimate of drug-likeness (QED) is 0.308. The standard InChI is InChI=1S/C38H50ClN7O8/c1-6-23(2)36-38(50)41-24(3)37-42-32(18-25-10-11-28(51-4)29(17-25)52-5)44-46(37)22-34(48)40-12-8-14-45(13-7-9-33(47)43-36)35(49)20-26-19-30-31(21-27(26)39)54-16-15-53-30/h10-11,17,19,21,23-24,36H,6-9,12-16,18,20,22H2,1-5H3,(H,40,48)(H,41,50)(H,43,47)/t23-,24+,36-/m0/s1. The van der Waals surface area contributed by atoms with Crippen LogP contribution < -0.4 is 34.9 Å². The van der Waals surface area contributed by atoms with E-state index in [1.807, 2.05) is 26.0 Å². The molecular weight excluding hydrogens is 718 g/mol. The minimum absolute atomic E-state index is 0.0171. The summed E-state index contributed by atoms with van der Waals surface area (Å²) in [7, 11) is 3.12. The number of halogens is 1. The van der Waals surface area contributed by atoms with E-state index >= 15 is 0 Å². The third-order valence-electron chi connectivity index (χ3n) is 9.57. The van der Waals surface area contributed by atoms with Crippen molar-refractivity contribution in [3.63, 3.8) is 0 Å². The second-order valence-corrected chi connectivity index (χ2v) is 13.9. The summed E-state index contributed by atoms with van der Waals surface area (Å²) in [4.78, 5) is 60.4. The van der Waals surface area contributed by atoms with E-state index in [0.29, 0.717) is 104 Å². The van der Waals surface area contributed by atoms with Gasteiger partial charge in [0.1, 0.15) is 31.6 Å². The van der Waals surface area contributed by atoms with Crippen LogP contribution in [0.5, 0.6) is 23.0 Å². The molecule has 2 aromatic carbocycles. The van der Waals surface area contributed by atoms with Crippen molar-refractivity contribution in [1.82, 2.24) is 35.6 Å². The van der Waals surface area contributed by atoms with Crippen molar-refractivity contribution in [2.24, 2.45) is 5.92 Å². The van der Waals surface area contributed by atoms with Gasteiger partial charge in [0.15, 0.2) is 28.8 Å². The number of benzene rings is 2. The molecule has 0 radical (unpaired) electrons. The highest BCUT2D eigenvalue weighted by Gasteiger charge is 2.29. The highest BCUT2D eigenvalue weighted by Crippen LogP contribution is 2.36. The molecule has 54 heavy (non-hydrogen) atoms. The molecule has 0 unspecified atom stereocenters. The van der Waals surface area contributed by atoms with Crippen LogP contribution in [-0.4, -0.2) is 96.4 Å². The lowest BCUT2D eigenvalue weighted by Gasteiger charge is -2.26. The average molecular weight is 768 g/mol. The summed E-state index contributed by atoms with van der Waals surface area (Å²) in [6, 6.07) is 7.44. The second-order valence-electron chi connectivity index (χ2n) is 13.5. The number of ether oxygens (including phenoxy) is 4. The molecule has 292 valence electrons. The Bertz CT molecular complexity index is 1820. The van der Waals surface area contributed by atoms with E-state index in [9.17, 15) is 19.2 Å². The van der Waals surface area contributed by atoms with Gasteiger partial charge in [0.05, 0.1) is 26.7 Å². The number of aromatic nitrogens is 3. The molecule has 3 heterocycles. The molecule has 0 saturated heterocycles. The molecule has 5 rings (SSSR count). The molecule has 3 atom stereocenters. The van der Waals surface area contributed by atoms with Crippen LogP contribution in [0.2, 0.25) is 5.02 Å². The van der Waals surface area contributed by atoms with Gasteiger partial charge in [-0.3, -0.25) is 19.2 Å². The maximum absolute atomic E-state index is 13.7. The summed E-state index contributed by atoms with van der Waals surface area (Å²) in [6.07, 6.45) is 1.93. The van der Waals surface area contributed by atoms with Gasteiger partial charge in [-0.25, -0.2) is 9.67 Å². The number of nitrogens with one attached hydrogen (secondary N) is 3. The van der Waals surface area contributed by atoms with Crippen LogP contribution in [0.25, 0.3) is 0 Å². The molecule has 15 nitrogen and oxygen atoms in total. The van der Waals surface area contributed by atoms with Gasteiger partial charge in [0.25, 0.3) is 0 Å². The number of hydrogen-bond donors (Lipinski definition) is 3. The lowest BCUT2D eigenvalue weighted by molar-refractivity contribution is -0.132. The number of amides is 4. The van der Waals surface area contributed by atoms with Crippen LogP contribution in [-0.2, 0) is 38.6 Å². The molecule has 0 aliphatic carbocycles. The highest BCUT2D eigenvalue weighted by molar-refractivity contribution is 6.31. The minimum atomic E-state index is -0.815. The minimum Gasteiger partial charge on any atom is -0.493 e.